The van der Waals surface area contributed by atoms with Crippen molar-refractivity contribution >= 4 is 5.65 Å². The fourth-order valence-electron chi connectivity index (χ4n) is 3.13. The van der Waals surface area contributed by atoms with Gasteiger partial charge in [-0.1, -0.05) is 12.1 Å². The van der Waals surface area contributed by atoms with E-state index < -0.39 is 0 Å². The summed E-state index contributed by atoms with van der Waals surface area (Å²) in [7, 11) is 0. The number of ether oxygens (including phenoxy) is 1. The van der Waals surface area contributed by atoms with Crippen LogP contribution in [-0.2, 0) is 11.3 Å². The predicted octanol–water partition coefficient (Wildman–Crippen LogP) is 1.97. The normalized spacial score (nSPS) is 15.9. The molecule has 0 N–H and O–H groups in total. The van der Waals surface area contributed by atoms with Crippen LogP contribution in [0, 0.1) is 5.82 Å². The summed E-state index contributed by atoms with van der Waals surface area (Å²) in [6, 6.07) is 6.23. The van der Waals surface area contributed by atoms with Crippen LogP contribution in [0.2, 0.25) is 0 Å². The third-order valence-corrected chi connectivity index (χ3v) is 4.40. The van der Waals surface area contributed by atoms with Gasteiger partial charge in [0.05, 0.1) is 6.54 Å². The second kappa shape index (κ2) is 6.16. The Labute approximate surface area is 137 Å². The summed E-state index contributed by atoms with van der Waals surface area (Å²) in [5.74, 6) is 0.751. The Morgan fingerprint density at radius 2 is 2.04 bits per heavy atom. The minimum Gasteiger partial charge on any atom is -0.381 e. The molecule has 0 spiro atoms. The first-order valence-electron chi connectivity index (χ1n) is 7.98. The van der Waals surface area contributed by atoms with E-state index in [1.807, 2.05) is 0 Å². The molecule has 0 aliphatic carbocycles. The second-order valence-corrected chi connectivity index (χ2v) is 6.00. The number of rotatable bonds is 3. The first-order chi connectivity index (χ1) is 11.7. The summed E-state index contributed by atoms with van der Waals surface area (Å²) in [5, 5.41) is 8.30. The van der Waals surface area contributed by atoms with Crippen molar-refractivity contribution in [3.8, 4) is 0 Å². The molecule has 0 amide bonds. The lowest BCUT2D eigenvalue weighted by Crippen LogP contribution is -2.23. The van der Waals surface area contributed by atoms with Crippen LogP contribution in [0.15, 0.2) is 41.5 Å². The van der Waals surface area contributed by atoms with Gasteiger partial charge < -0.3 is 9.30 Å². The fourth-order valence-corrected chi connectivity index (χ4v) is 3.13. The Morgan fingerprint density at radius 3 is 2.83 bits per heavy atom. The van der Waals surface area contributed by atoms with Gasteiger partial charge in [0.15, 0.2) is 0 Å². The summed E-state index contributed by atoms with van der Waals surface area (Å²) < 4.78 is 22.0. The Kier molecular flexibility index (Phi) is 3.86. The first-order valence-corrected chi connectivity index (χ1v) is 7.98. The van der Waals surface area contributed by atoms with Crippen LogP contribution in [0.1, 0.15) is 30.1 Å². The standard InChI is InChI=1S/C17H17FN4O2/c18-14-3-1-2-12(10-14)11-21-6-7-22-15(13-4-8-24-9-5-13)19-20-16(22)17(21)23/h1-3,6-7,10,13H,4-5,8-9,11H2. The third kappa shape index (κ3) is 2.71. The van der Waals surface area contributed by atoms with Crippen molar-refractivity contribution in [2.24, 2.45) is 0 Å². The van der Waals surface area contributed by atoms with Crippen LogP contribution in [-0.4, -0.2) is 32.4 Å². The third-order valence-electron chi connectivity index (χ3n) is 4.40. The summed E-state index contributed by atoms with van der Waals surface area (Å²) in [5.41, 5.74) is 0.800. The first kappa shape index (κ1) is 15.0. The molecular formula is C17H17FN4O2. The van der Waals surface area contributed by atoms with Crippen molar-refractivity contribution in [3.05, 3.63) is 64.2 Å². The zero-order chi connectivity index (χ0) is 16.5. The van der Waals surface area contributed by atoms with Crippen LogP contribution >= 0.6 is 0 Å². The van der Waals surface area contributed by atoms with Crippen molar-refractivity contribution in [1.82, 2.24) is 19.2 Å². The number of hydrogen-bond acceptors (Lipinski definition) is 4. The van der Waals surface area contributed by atoms with E-state index in [-0.39, 0.29) is 17.3 Å². The zero-order valence-corrected chi connectivity index (χ0v) is 13.1. The molecule has 3 heterocycles. The van der Waals surface area contributed by atoms with E-state index in [4.69, 9.17) is 4.74 Å². The minimum absolute atomic E-state index is 0.229. The lowest BCUT2D eigenvalue weighted by atomic mass is 10.00. The maximum atomic E-state index is 13.3. The molecule has 1 aliphatic heterocycles. The molecule has 1 aromatic carbocycles. The Hall–Kier alpha value is -2.54. The maximum absolute atomic E-state index is 13.3. The summed E-state index contributed by atoms with van der Waals surface area (Å²) >= 11 is 0. The molecule has 0 bridgehead atoms. The lowest BCUT2D eigenvalue weighted by Gasteiger charge is -2.20. The molecule has 24 heavy (non-hydrogen) atoms. The number of halogens is 1. The molecule has 1 aliphatic rings. The SMILES string of the molecule is O=c1c2nnc(C3CCOCC3)n2ccn1Cc1cccc(F)c1. The lowest BCUT2D eigenvalue weighted by molar-refractivity contribution is 0.0834. The predicted molar refractivity (Wildman–Crippen MR) is 85.5 cm³/mol. The van der Waals surface area contributed by atoms with Crippen molar-refractivity contribution in [1.29, 1.82) is 0 Å². The van der Waals surface area contributed by atoms with Crippen LogP contribution in [0.25, 0.3) is 5.65 Å². The Balaban J connectivity index is 1.69. The topological polar surface area (TPSA) is 61.4 Å². The van der Waals surface area contributed by atoms with Crippen molar-refractivity contribution in [3.63, 3.8) is 0 Å². The quantitative estimate of drug-likeness (QED) is 0.737. The molecule has 4 rings (SSSR count). The molecule has 1 saturated heterocycles. The minimum atomic E-state index is -0.314. The van der Waals surface area contributed by atoms with Crippen LogP contribution in [0.5, 0.6) is 0 Å². The van der Waals surface area contributed by atoms with E-state index in [1.54, 1.807) is 28.9 Å². The molecule has 1 fully saturated rings. The smallest absolute Gasteiger partial charge is 0.296 e. The number of fused-ring (bicyclic) bond motifs is 1. The molecule has 3 aromatic rings. The molecular weight excluding hydrogens is 311 g/mol. The van der Waals surface area contributed by atoms with E-state index in [0.29, 0.717) is 25.4 Å². The highest BCUT2D eigenvalue weighted by molar-refractivity contribution is 5.36. The van der Waals surface area contributed by atoms with Gasteiger partial charge in [-0.05, 0) is 30.5 Å². The number of benzene rings is 1. The van der Waals surface area contributed by atoms with Crippen LogP contribution in [0.3, 0.4) is 0 Å². The van der Waals surface area contributed by atoms with Gasteiger partial charge in [0, 0.05) is 31.5 Å². The summed E-state index contributed by atoms with van der Waals surface area (Å²) in [4.78, 5) is 12.6. The molecule has 0 atom stereocenters. The van der Waals surface area contributed by atoms with Crippen LogP contribution in [0.4, 0.5) is 4.39 Å². The van der Waals surface area contributed by atoms with Gasteiger partial charge in [0.25, 0.3) is 5.56 Å². The van der Waals surface area contributed by atoms with Crippen molar-refractivity contribution < 1.29 is 9.13 Å². The molecule has 6 nitrogen and oxygen atoms in total. The van der Waals surface area contributed by atoms with E-state index in [1.165, 1.54) is 16.7 Å². The highest BCUT2D eigenvalue weighted by atomic mass is 19.1. The number of hydrogen-bond donors (Lipinski definition) is 0. The van der Waals surface area contributed by atoms with Gasteiger partial charge in [0.2, 0.25) is 5.65 Å². The highest BCUT2D eigenvalue weighted by Gasteiger charge is 2.22. The fraction of sp³-hybridized carbons (Fsp3) is 0.353. The Bertz CT molecular complexity index is 928. The highest BCUT2D eigenvalue weighted by Crippen LogP contribution is 2.25. The van der Waals surface area contributed by atoms with Gasteiger partial charge in [-0.15, -0.1) is 10.2 Å². The van der Waals surface area contributed by atoms with Crippen molar-refractivity contribution in [2.45, 2.75) is 25.3 Å². The number of nitrogens with zero attached hydrogens (tertiary/aromatic N) is 4. The van der Waals surface area contributed by atoms with Gasteiger partial charge in [0.1, 0.15) is 11.6 Å². The van der Waals surface area contributed by atoms with Gasteiger partial charge in [-0.25, -0.2) is 4.39 Å². The molecule has 7 heteroatoms. The molecule has 124 valence electrons. The monoisotopic (exact) mass is 328 g/mol. The average Bonchev–Trinajstić information content (AvgIpc) is 3.03. The van der Waals surface area contributed by atoms with E-state index in [2.05, 4.69) is 10.2 Å². The van der Waals surface area contributed by atoms with Crippen LogP contribution < -0.4 is 5.56 Å². The van der Waals surface area contributed by atoms with Crippen molar-refractivity contribution in [2.75, 3.05) is 13.2 Å². The largest absolute Gasteiger partial charge is 0.381 e. The van der Waals surface area contributed by atoms with E-state index in [0.717, 1.165) is 24.2 Å². The van der Waals surface area contributed by atoms with Gasteiger partial charge >= 0.3 is 0 Å². The maximum Gasteiger partial charge on any atom is 0.296 e. The summed E-state index contributed by atoms with van der Waals surface area (Å²) in [6.45, 7) is 1.71. The van der Waals surface area contributed by atoms with Gasteiger partial charge in [-0.3, -0.25) is 9.20 Å². The van der Waals surface area contributed by atoms with E-state index >= 15 is 0 Å². The molecule has 2 aromatic heterocycles. The molecule has 0 saturated carbocycles. The summed E-state index contributed by atoms with van der Waals surface area (Å²) in [6.07, 6.45) is 5.27. The molecule has 0 unspecified atom stereocenters. The zero-order valence-electron chi connectivity index (χ0n) is 13.1. The van der Waals surface area contributed by atoms with Gasteiger partial charge in [-0.2, -0.15) is 0 Å². The average molecular weight is 328 g/mol. The van der Waals surface area contributed by atoms with E-state index in [9.17, 15) is 9.18 Å². The Morgan fingerprint density at radius 1 is 1.21 bits per heavy atom. The molecule has 0 radical (unpaired) electrons. The number of aromatic nitrogens is 4. The second-order valence-electron chi connectivity index (χ2n) is 6.00.